The molecule has 0 fully saturated rings. The van der Waals surface area contributed by atoms with Gasteiger partial charge in [0.15, 0.2) is 0 Å². The van der Waals surface area contributed by atoms with E-state index in [1.54, 1.807) is 24.3 Å². The van der Waals surface area contributed by atoms with Crippen LogP contribution in [0.4, 0.5) is 0 Å². The number of carboxylic acid groups (broad SMARTS) is 1. The molecule has 108 valence electrons. The van der Waals surface area contributed by atoms with Crippen LogP contribution < -0.4 is 10.9 Å². The first-order chi connectivity index (χ1) is 10.1. The Balaban J connectivity index is 2.14. The lowest BCUT2D eigenvalue weighted by molar-refractivity contribution is -0.139. The molecule has 0 aliphatic heterocycles. The van der Waals surface area contributed by atoms with Crippen LogP contribution in [0.2, 0.25) is 0 Å². The topological polar surface area (TPSA) is 99.3 Å². The van der Waals surface area contributed by atoms with Crippen LogP contribution >= 0.6 is 0 Å². The summed E-state index contributed by atoms with van der Waals surface area (Å²) in [6.45, 7) is 0. The van der Waals surface area contributed by atoms with E-state index in [1.807, 2.05) is 6.07 Å². The molecule has 2 aromatic rings. The Labute approximate surface area is 120 Å². The number of nitrogens with one attached hydrogen (secondary N) is 2. The Morgan fingerprint density at radius 1 is 1.14 bits per heavy atom. The quantitative estimate of drug-likeness (QED) is 0.757. The predicted octanol–water partition coefficient (Wildman–Crippen LogP) is 0.801. The lowest BCUT2D eigenvalue weighted by atomic mass is 10.1. The average molecular weight is 286 g/mol. The van der Waals surface area contributed by atoms with Gasteiger partial charge in [0.25, 0.3) is 11.5 Å². The highest BCUT2D eigenvalue weighted by molar-refractivity contribution is 5.96. The lowest BCUT2D eigenvalue weighted by Crippen LogP contribution is -2.43. The molecular weight excluding hydrogens is 272 g/mol. The Bertz CT molecular complexity index is 694. The van der Waals surface area contributed by atoms with Crippen LogP contribution in [-0.2, 0) is 11.2 Å². The summed E-state index contributed by atoms with van der Waals surface area (Å²) in [6.07, 6.45) is 1.55. The third-order valence-corrected chi connectivity index (χ3v) is 2.95. The molecule has 1 aromatic heterocycles. The van der Waals surface area contributed by atoms with Crippen LogP contribution in [0.5, 0.6) is 0 Å². The summed E-state index contributed by atoms with van der Waals surface area (Å²) in [7, 11) is 0. The number of benzene rings is 1. The zero-order valence-electron chi connectivity index (χ0n) is 11.1. The van der Waals surface area contributed by atoms with Crippen molar-refractivity contribution in [1.29, 1.82) is 0 Å². The van der Waals surface area contributed by atoms with Crippen molar-refractivity contribution in [2.75, 3.05) is 0 Å². The van der Waals surface area contributed by atoms with Gasteiger partial charge in [-0.25, -0.2) is 4.79 Å². The minimum atomic E-state index is -1.15. The highest BCUT2D eigenvalue weighted by Crippen LogP contribution is 2.04. The number of H-pyrrole nitrogens is 1. The zero-order chi connectivity index (χ0) is 15.2. The fourth-order valence-corrected chi connectivity index (χ4v) is 1.89. The smallest absolute Gasteiger partial charge is 0.326 e. The molecule has 2 rings (SSSR count). The van der Waals surface area contributed by atoms with Gasteiger partial charge >= 0.3 is 5.97 Å². The number of aliphatic carboxylic acids is 1. The van der Waals surface area contributed by atoms with Crippen LogP contribution in [0.25, 0.3) is 0 Å². The molecule has 0 saturated carbocycles. The molecule has 0 aliphatic rings. The lowest BCUT2D eigenvalue weighted by Gasteiger charge is -2.14. The Hall–Kier alpha value is -2.89. The molecule has 6 heteroatoms. The van der Waals surface area contributed by atoms with Gasteiger partial charge in [-0.1, -0.05) is 30.3 Å². The van der Waals surface area contributed by atoms with Crippen molar-refractivity contribution < 1.29 is 14.7 Å². The van der Waals surface area contributed by atoms with Crippen LogP contribution in [0.3, 0.4) is 0 Å². The number of carboxylic acids is 1. The first-order valence-electron chi connectivity index (χ1n) is 6.33. The Kier molecular flexibility index (Phi) is 4.50. The van der Waals surface area contributed by atoms with Crippen LogP contribution in [0.15, 0.2) is 53.5 Å². The van der Waals surface area contributed by atoms with Gasteiger partial charge in [0.2, 0.25) is 0 Å². The van der Waals surface area contributed by atoms with E-state index >= 15 is 0 Å². The van der Waals surface area contributed by atoms with Crippen molar-refractivity contribution in [3.63, 3.8) is 0 Å². The molecule has 3 N–H and O–H groups in total. The van der Waals surface area contributed by atoms with Gasteiger partial charge in [0, 0.05) is 12.6 Å². The maximum Gasteiger partial charge on any atom is 0.326 e. The molecule has 1 heterocycles. The number of hydrogen-bond acceptors (Lipinski definition) is 3. The number of aromatic amines is 1. The average Bonchev–Trinajstić information content (AvgIpc) is 2.48. The second-order valence-corrected chi connectivity index (χ2v) is 4.47. The fraction of sp³-hybridized carbons (Fsp3) is 0.133. The van der Waals surface area contributed by atoms with Gasteiger partial charge in [0.05, 0.1) is 0 Å². The van der Waals surface area contributed by atoms with Gasteiger partial charge in [0.1, 0.15) is 11.6 Å². The molecule has 6 nitrogen and oxygen atoms in total. The number of aromatic nitrogens is 1. The van der Waals surface area contributed by atoms with E-state index in [0.29, 0.717) is 0 Å². The van der Waals surface area contributed by atoms with Gasteiger partial charge in [-0.3, -0.25) is 9.59 Å². The first kappa shape index (κ1) is 14.5. The van der Waals surface area contributed by atoms with Crippen molar-refractivity contribution in [3.05, 3.63) is 70.1 Å². The van der Waals surface area contributed by atoms with Gasteiger partial charge in [-0.15, -0.1) is 0 Å². The zero-order valence-corrected chi connectivity index (χ0v) is 11.1. The van der Waals surface area contributed by atoms with Gasteiger partial charge in [-0.05, 0) is 17.7 Å². The molecule has 1 atom stereocenters. The van der Waals surface area contributed by atoms with E-state index in [-0.39, 0.29) is 12.0 Å². The van der Waals surface area contributed by atoms with E-state index in [1.165, 1.54) is 18.3 Å². The number of carbonyl (C=O) groups excluding carboxylic acids is 1. The summed E-state index contributed by atoms with van der Waals surface area (Å²) in [6, 6.07) is 10.7. The summed E-state index contributed by atoms with van der Waals surface area (Å²) >= 11 is 0. The summed E-state index contributed by atoms with van der Waals surface area (Å²) < 4.78 is 0. The molecule has 0 spiro atoms. The predicted molar refractivity (Wildman–Crippen MR) is 76.1 cm³/mol. The largest absolute Gasteiger partial charge is 0.480 e. The number of hydrogen-bond donors (Lipinski definition) is 3. The molecular formula is C15H14N2O4. The van der Waals surface area contributed by atoms with E-state index in [2.05, 4.69) is 10.3 Å². The fourth-order valence-electron chi connectivity index (χ4n) is 1.89. The maximum absolute atomic E-state index is 12.0. The third-order valence-electron chi connectivity index (χ3n) is 2.95. The summed E-state index contributed by atoms with van der Waals surface area (Å²) in [5.74, 6) is -1.86. The maximum atomic E-state index is 12.0. The second kappa shape index (κ2) is 6.51. The molecule has 21 heavy (non-hydrogen) atoms. The molecule has 1 aromatic carbocycles. The van der Waals surface area contributed by atoms with Crippen LogP contribution in [0.1, 0.15) is 15.9 Å². The summed E-state index contributed by atoms with van der Waals surface area (Å²) in [4.78, 5) is 37.1. The van der Waals surface area contributed by atoms with Crippen molar-refractivity contribution in [2.45, 2.75) is 12.5 Å². The molecule has 0 aliphatic carbocycles. The van der Waals surface area contributed by atoms with Crippen molar-refractivity contribution >= 4 is 11.9 Å². The summed E-state index contributed by atoms with van der Waals surface area (Å²) in [5, 5.41) is 11.6. The van der Waals surface area contributed by atoms with E-state index in [0.717, 1.165) is 5.56 Å². The van der Waals surface area contributed by atoms with Crippen LogP contribution in [0, 0.1) is 0 Å². The normalized spacial score (nSPS) is 11.6. The third kappa shape index (κ3) is 3.79. The SMILES string of the molecule is O=C(NC(Cc1ccccc1)C(=O)O)c1ccc[nH]c1=O. The van der Waals surface area contributed by atoms with Crippen molar-refractivity contribution in [3.8, 4) is 0 Å². The van der Waals surface area contributed by atoms with Crippen molar-refractivity contribution in [2.24, 2.45) is 0 Å². The number of amides is 1. The molecule has 0 radical (unpaired) electrons. The van der Waals surface area contributed by atoms with Gasteiger partial charge < -0.3 is 15.4 Å². The van der Waals surface area contributed by atoms with Crippen molar-refractivity contribution in [1.82, 2.24) is 10.3 Å². The first-order valence-corrected chi connectivity index (χ1v) is 6.33. The minimum absolute atomic E-state index is 0.114. The highest BCUT2D eigenvalue weighted by Gasteiger charge is 2.22. The minimum Gasteiger partial charge on any atom is -0.480 e. The van der Waals surface area contributed by atoms with E-state index in [9.17, 15) is 19.5 Å². The highest BCUT2D eigenvalue weighted by atomic mass is 16.4. The van der Waals surface area contributed by atoms with Crippen LogP contribution in [-0.4, -0.2) is 28.0 Å². The van der Waals surface area contributed by atoms with E-state index < -0.39 is 23.5 Å². The number of carbonyl (C=O) groups is 2. The second-order valence-electron chi connectivity index (χ2n) is 4.47. The number of pyridine rings is 1. The molecule has 1 amide bonds. The summed E-state index contributed by atoms with van der Waals surface area (Å²) in [5.41, 5.74) is 0.114. The van der Waals surface area contributed by atoms with E-state index in [4.69, 9.17) is 0 Å². The molecule has 0 bridgehead atoms. The Morgan fingerprint density at radius 2 is 1.86 bits per heavy atom. The Morgan fingerprint density at radius 3 is 2.48 bits per heavy atom. The van der Waals surface area contributed by atoms with Gasteiger partial charge in [-0.2, -0.15) is 0 Å². The molecule has 0 saturated heterocycles. The number of rotatable bonds is 5. The monoisotopic (exact) mass is 286 g/mol. The standard InChI is InChI=1S/C15H14N2O4/c18-13-11(7-4-8-16-13)14(19)17-12(15(20)21)9-10-5-2-1-3-6-10/h1-8,12H,9H2,(H,16,18)(H,17,19)(H,20,21). The molecule has 1 unspecified atom stereocenters.